The average Bonchev–Trinajstić information content (AvgIpc) is 2.34. The molecule has 0 aliphatic rings. The van der Waals surface area contributed by atoms with Gasteiger partial charge in [-0.05, 0) is 18.2 Å². The van der Waals surface area contributed by atoms with Crippen LogP contribution in [-0.4, -0.2) is 13.4 Å². The first-order valence-electron chi connectivity index (χ1n) is 5.27. The summed E-state index contributed by atoms with van der Waals surface area (Å²) in [7, 11) is -3.62. The van der Waals surface area contributed by atoms with E-state index < -0.39 is 9.84 Å². The van der Waals surface area contributed by atoms with Gasteiger partial charge in [-0.25, -0.2) is 8.42 Å². The van der Waals surface area contributed by atoms with E-state index in [1.54, 1.807) is 18.2 Å². The van der Waals surface area contributed by atoms with Crippen molar-refractivity contribution >= 4 is 38.7 Å². The maximum Gasteiger partial charge on any atom is 0.184 e. The highest BCUT2D eigenvalue weighted by Crippen LogP contribution is 2.29. The van der Waals surface area contributed by atoms with Crippen LogP contribution in [0.25, 0.3) is 0 Å². The normalized spacial score (nSPS) is 11.5. The van der Waals surface area contributed by atoms with Crippen LogP contribution in [0.2, 0.25) is 10.0 Å². The zero-order chi connectivity index (χ0) is 14.0. The van der Waals surface area contributed by atoms with Gasteiger partial charge in [0, 0.05) is 21.8 Å². The number of rotatable bonds is 3. The number of pyridine rings is 1. The monoisotopic (exact) mass is 316 g/mol. The van der Waals surface area contributed by atoms with E-state index >= 15 is 0 Å². The van der Waals surface area contributed by atoms with E-state index in [9.17, 15) is 8.42 Å². The standard InChI is InChI=1S/C12H10Cl2N2O2S/c13-9-2-1-3-10(14)8(9)7-19(17,18)12-4-5-16-6-11(12)15/h1-6H,7,15H2. The molecule has 0 amide bonds. The van der Waals surface area contributed by atoms with E-state index in [-0.39, 0.29) is 16.3 Å². The van der Waals surface area contributed by atoms with Crippen molar-refractivity contribution in [3.63, 3.8) is 0 Å². The van der Waals surface area contributed by atoms with Crippen molar-refractivity contribution in [3.05, 3.63) is 52.3 Å². The van der Waals surface area contributed by atoms with Gasteiger partial charge in [0.1, 0.15) is 0 Å². The Hall–Kier alpha value is -1.30. The van der Waals surface area contributed by atoms with Gasteiger partial charge in [-0.3, -0.25) is 4.98 Å². The van der Waals surface area contributed by atoms with Crippen LogP contribution in [0, 0.1) is 0 Å². The Kier molecular flexibility index (Phi) is 3.99. The number of aromatic nitrogens is 1. The van der Waals surface area contributed by atoms with Crippen LogP contribution in [0.5, 0.6) is 0 Å². The molecule has 0 aliphatic carbocycles. The minimum absolute atomic E-state index is 0.0264. The van der Waals surface area contributed by atoms with Gasteiger partial charge in [-0.1, -0.05) is 29.3 Å². The third kappa shape index (κ3) is 3.00. The molecule has 1 heterocycles. The molecule has 0 radical (unpaired) electrons. The summed E-state index contributed by atoms with van der Waals surface area (Å²) in [6.07, 6.45) is 2.67. The average molecular weight is 317 g/mol. The highest BCUT2D eigenvalue weighted by atomic mass is 35.5. The third-order valence-corrected chi connectivity index (χ3v) is 4.96. The highest BCUT2D eigenvalue weighted by Gasteiger charge is 2.21. The predicted octanol–water partition coefficient (Wildman–Crippen LogP) is 2.94. The molecule has 0 spiro atoms. The summed E-state index contributed by atoms with van der Waals surface area (Å²) in [5.74, 6) is -0.306. The quantitative estimate of drug-likeness (QED) is 0.944. The van der Waals surface area contributed by atoms with E-state index in [0.29, 0.717) is 15.6 Å². The van der Waals surface area contributed by atoms with Gasteiger partial charge in [-0.2, -0.15) is 0 Å². The lowest BCUT2D eigenvalue weighted by atomic mass is 10.2. The van der Waals surface area contributed by atoms with E-state index in [2.05, 4.69) is 4.98 Å². The summed E-state index contributed by atoms with van der Waals surface area (Å²) in [5.41, 5.74) is 6.09. The zero-order valence-corrected chi connectivity index (χ0v) is 12.0. The molecule has 0 fully saturated rings. The zero-order valence-electron chi connectivity index (χ0n) is 9.68. The van der Waals surface area contributed by atoms with Crippen LogP contribution in [0.4, 0.5) is 5.69 Å². The fourth-order valence-corrected chi connectivity index (χ4v) is 3.83. The molecule has 0 saturated heterocycles. The minimum atomic E-state index is -3.62. The molecule has 0 atom stereocenters. The Morgan fingerprint density at radius 2 is 1.79 bits per heavy atom. The SMILES string of the molecule is Nc1cnccc1S(=O)(=O)Cc1c(Cl)cccc1Cl. The number of hydrogen-bond acceptors (Lipinski definition) is 4. The summed E-state index contributed by atoms with van der Waals surface area (Å²) in [5, 5.41) is 0.618. The topological polar surface area (TPSA) is 73.0 Å². The molecular formula is C12H10Cl2N2O2S. The molecule has 7 heteroatoms. The summed E-state index contributed by atoms with van der Waals surface area (Å²) >= 11 is 11.9. The van der Waals surface area contributed by atoms with E-state index in [1.807, 2.05) is 0 Å². The van der Waals surface area contributed by atoms with Gasteiger partial charge in [0.15, 0.2) is 9.84 Å². The molecule has 0 saturated carbocycles. The van der Waals surface area contributed by atoms with E-state index in [4.69, 9.17) is 28.9 Å². The van der Waals surface area contributed by atoms with Crippen molar-refractivity contribution in [3.8, 4) is 0 Å². The molecular weight excluding hydrogens is 307 g/mol. The van der Waals surface area contributed by atoms with Crippen LogP contribution in [0.3, 0.4) is 0 Å². The number of benzene rings is 1. The number of nitrogens with two attached hydrogens (primary N) is 1. The second-order valence-corrected chi connectivity index (χ2v) is 6.65. The lowest BCUT2D eigenvalue weighted by molar-refractivity contribution is 0.595. The van der Waals surface area contributed by atoms with Crippen LogP contribution >= 0.6 is 23.2 Å². The first-order chi connectivity index (χ1) is 8.92. The number of nitrogen functional groups attached to an aromatic ring is 1. The molecule has 19 heavy (non-hydrogen) atoms. The van der Waals surface area contributed by atoms with Crippen molar-refractivity contribution in [2.45, 2.75) is 10.6 Å². The minimum Gasteiger partial charge on any atom is -0.396 e. The van der Waals surface area contributed by atoms with Crippen LogP contribution in [0.1, 0.15) is 5.56 Å². The maximum absolute atomic E-state index is 12.3. The summed E-state index contributed by atoms with van der Waals surface area (Å²) in [6, 6.07) is 6.19. The van der Waals surface area contributed by atoms with Gasteiger partial charge in [0.05, 0.1) is 22.5 Å². The Labute approximate surface area is 121 Å². The number of sulfone groups is 1. The number of halogens is 2. The second-order valence-electron chi connectivity index (χ2n) is 3.87. The van der Waals surface area contributed by atoms with Crippen molar-refractivity contribution in [1.29, 1.82) is 0 Å². The van der Waals surface area contributed by atoms with E-state index in [0.717, 1.165) is 0 Å². The molecule has 4 nitrogen and oxygen atoms in total. The highest BCUT2D eigenvalue weighted by molar-refractivity contribution is 7.90. The van der Waals surface area contributed by atoms with Gasteiger partial charge >= 0.3 is 0 Å². The lowest BCUT2D eigenvalue weighted by Gasteiger charge is -2.09. The predicted molar refractivity (Wildman–Crippen MR) is 76.0 cm³/mol. The largest absolute Gasteiger partial charge is 0.396 e. The molecule has 0 bridgehead atoms. The van der Waals surface area contributed by atoms with Crippen LogP contribution in [-0.2, 0) is 15.6 Å². The van der Waals surface area contributed by atoms with Gasteiger partial charge < -0.3 is 5.73 Å². The number of anilines is 1. The maximum atomic E-state index is 12.3. The fraction of sp³-hybridized carbons (Fsp3) is 0.0833. The molecule has 1 aromatic carbocycles. The molecule has 2 N–H and O–H groups in total. The van der Waals surface area contributed by atoms with E-state index in [1.165, 1.54) is 18.5 Å². The van der Waals surface area contributed by atoms with Gasteiger partial charge in [-0.15, -0.1) is 0 Å². The molecule has 2 aromatic rings. The van der Waals surface area contributed by atoms with Crippen LogP contribution in [0.15, 0.2) is 41.6 Å². The molecule has 2 rings (SSSR count). The smallest absolute Gasteiger partial charge is 0.184 e. The summed E-state index contributed by atoms with van der Waals surface area (Å²) in [6.45, 7) is 0. The Balaban J connectivity index is 2.46. The van der Waals surface area contributed by atoms with Crippen LogP contribution < -0.4 is 5.73 Å². The molecule has 100 valence electrons. The first kappa shape index (κ1) is 14.1. The van der Waals surface area contributed by atoms with Crippen molar-refractivity contribution in [2.24, 2.45) is 0 Å². The third-order valence-electron chi connectivity index (χ3n) is 2.54. The Bertz CT molecular complexity index is 697. The lowest BCUT2D eigenvalue weighted by Crippen LogP contribution is -2.09. The Morgan fingerprint density at radius 3 is 2.37 bits per heavy atom. The summed E-state index contributed by atoms with van der Waals surface area (Å²) < 4.78 is 24.6. The van der Waals surface area contributed by atoms with Gasteiger partial charge in [0.2, 0.25) is 0 Å². The number of hydrogen-bond donors (Lipinski definition) is 1. The molecule has 1 aromatic heterocycles. The first-order valence-corrected chi connectivity index (χ1v) is 7.68. The summed E-state index contributed by atoms with van der Waals surface area (Å²) in [4.78, 5) is 3.79. The molecule has 0 aliphatic heterocycles. The number of nitrogens with zero attached hydrogens (tertiary/aromatic N) is 1. The van der Waals surface area contributed by atoms with Crippen molar-refractivity contribution in [1.82, 2.24) is 4.98 Å². The van der Waals surface area contributed by atoms with Crippen molar-refractivity contribution in [2.75, 3.05) is 5.73 Å². The van der Waals surface area contributed by atoms with Gasteiger partial charge in [0.25, 0.3) is 0 Å². The second kappa shape index (κ2) is 5.36. The Morgan fingerprint density at radius 1 is 1.16 bits per heavy atom. The molecule has 0 unspecified atom stereocenters. The fourth-order valence-electron chi connectivity index (χ4n) is 1.62. The van der Waals surface area contributed by atoms with Crippen molar-refractivity contribution < 1.29 is 8.42 Å².